The first-order valence-electron chi connectivity index (χ1n) is 4.06. The second kappa shape index (κ2) is 4.02. The maximum Gasteiger partial charge on any atom is 0.157 e. The number of phenolic OH excluding ortho intramolecular Hbond substituents is 2. The van der Waals surface area contributed by atoms with E-state index in [1.165, 1.54) is 19.2 Å². The molecule has 0 fully saturated rings. The summed E-state index contributed by atoms with van der Waals surface area (Å²) < 4.78 is 4.87. The van der Waals surface area contributed by atoms with E-state index in [1.807, 2.05) is 0 Å². The van der Waals surface area contributed by atoms with E-state index in [9.17, 15) is 5.11 Å². The van der Waals surface area contributed by atoms with Crippen LogP contribution in [0, 0.1) is 0 Å². The molecule has 4 heteroatoms. The van der Waals surface area contributed by atoms with Crippen molar-refractivity contribution in [2.75, 3.05) is 7.11 Å². The van der Waals surface area contributed by atoms with Crippen LogP contribution in [-0.2, 0) is 4.74 Å². The van der Waals surface area contributed by atoms with Crippen LogP contribution in [0.3, 0.4) is 0 Å². The Balaban J connectivity index is 2.96. The van der Waals surface area contributed by atoms with E-state index >= 15 is 0 Å². The van der Waals surface area contributed by atoms with Crippen LogP contribution in [0.4, 0.5) is 0 Å². The second-order valence-electron chi connectivity index (χ2n) is 2.90. The van der Waals surface area contributed by atoms with E-state index < -0.39 is 6.04 Å². The fraction of sp³-hybridized carbons (Fsp3) is 0.200. The van der Waals surface area contributed by atoms with Gasteiger partial charge in [-0.25, -0.2) is 0 Å². The Morgan fingerprint density at radius 3 is 2.57 bits per heavy atom. The minimum atomic E-state index is -0.508. The van der Waals surface area contributed by atoms with Gasteiger partial charge in [0, 0.05) is 0 Å². The van der Waals surface area contributed by atoms with Crippen LogP contribution in [0.2, 0.25) is 0 Å². The van der Waals surface area contributed by atoms with Crippen molar-refractivity contribution < 1.29 is 14.9 Å². The minimum Gasteiger partial charge on any atom is -0.504 e. The SMILES string of the molecule is C=C(OC)C(N)c1ccc(O)c(O)c1. The van der Waals surface area contributed by atoms with Crippen molar-refractivity contribution in [3.05, 3.63) is 36.1 Å². The first-order chi connectivity index (χ1) is 6.56. The summed E-state index contributed by atoms with van der Waals surface area (Å²) in [5, 5.41) is 18.3. The standard InChI is InChI=1S/C10H13NO3/c1-6(14-2)10(11)7-3-4-8(12)9(13)5-7/h3-5,10,12-13H,1,11H2,2H3. The second-order valence-corrected chi connectivity index (χ2v) is 2.90. The third kappa shape index (κ3) is 1.97. The molecule has 4 N–H and O–H groups in total. The number of methoxy groups -OCH3 is 1. The quantitative estimate of drug-likeness (QED) is 0.501. The van der Waals surface area contributed by atoms with Gasteiger partial charge in [0.05, 0.1) is 13.2 Å². The number of aromatic hydroxyl groups is 2. The lowest BCUT2D eigenvalue weighted by atomic mass is 10.1. The molecule has 0 heterocycles. The Morgan fingerprint density at radius 1 is 1.43 bits per heavy atom. The van der Waals surface area contributed by atoms with Gasteiger partial charge in [-0.1, -0.05) is 12.6 Å². The van der Waals surface area contributed by atoms with Crippen molar-refractivity contribution in [2.24, 2.45) is 5.73 Å². The highest BCUT2D eigenvalue weighted by Crippen LogP contribution is 2.28. The minimum absolute atomic E-state index is 0.177. The van der Waals surface area contributed by atoms with Crippen LogP contribution in [0.5, 0.6) is 11.5 Å². The van der Waals surface area contributed by atoms with E-state index in [-0.39, 0.29) is 11.5 Å². The lowest BCUT2D eigenvalue weighted by Gasteiger charge is -2.14. The van der Waals surface area contributed by atoms with Crippen LogP contribution in [-0.4, -0.2) is 17.3 Å². The maximum atomic E-state index is 9.23. The molecule has 1 rings (SSSR count). The lowest BCUT2D eigenvalue weighted by molar-refractivity contribution is 0.267. The molecular weight excluding hydrogens is 182 g/mol. The van der Waals surface area contributed by atoms with Crippen LogP contribution in [0.25, 0.3) is 0 Å². The smallest absolute Gasteiger partial charge is 0.157 e. The molecule has 1 aromatic rings. The number of hydrogen-bond donors (Lipinski definition) is 3. The summed E-state index contributed by atoms with van der Waals surface area (Å²) in [5.41, 5.74) is 6.38. The van der Waals surface area contributed by atoms with Crippen LogP contribution < -0.4 is 5.73 Å². The predicted octanol–water partition coefficient (Wildman–Crippen LogP) is 1.26. The normalized spacial score (nSPS) is 12.1. The van der Waals surface area contributed by atoms with E-state index in [0.29, 0.717) is 11.3 Å². The molecule has 1 unspecified atom stereocenters. The van der Waals surface area contributed by atoms with E-state index in [4.69, 9.17) is 15.6 Å². The van der Waals surface area contributed by atoms with Crippen LogP contribution in [0.15, 0.2) is 30.5 Å². The molecule has 0 aromatic heterocycles. The van der Waals surface area contributed by atoms with Crippen molar-refractivity contribution in [1.29, 1.82) is 0 Å². The first kappa shape index (κ1) is 10.4. The fourth-order valence-electron chi connectivity index (χ4n) is 1.05. The number of nitrogens with two attached hydrogens (primary N) is 1. The highest BCUT2D eigenvalue weighted by molar-refractivity contribution is 5.42. The first-order valence-corrected chi connectivity index (χ1v) is 4.06. The van der Waals surface area contributed by atoms with Gasteiger partial charge in [0.15, 0.2) is 11.5 Å². The van der Waals surface area contributed by atoms with Crippen molar-refractivity contribution in [1.82, 2.24) is 0 Å². The summed E-state index contributed by atoms with van der Waals surface area (Å²) >= 11 is 0. The zero-order valence-corrected chi connectivity index (χ0v) is 7.90. The topological polar surface area (TPSA) is 75.7 Å². The summed E-state index contributed by atoms with van der Waals surface area (Å²) in [7, 11) is 1.47. The number of hydrogen-bond acceptors (Lipinski definition) is 4. The average Bonchev–Trinajstić information content (AvgIpc) is 2.20. The van der Waals surface area contributed by atoms with Gasteiger partial charge in [-0.3, -0.25) is 0 Å². The van der Waals surface area contributed by atoms with Gasteiger partial charge >= 0.3 is 0 Å². The van der Waals surface area contributed by atoms with Gasteiger partial charge < -0.3 is 20.7 Å². The number of rotatable bonds is 3. The Hall–Kier alpha value is -1.68. The molecule has 0 spiro atoms. The number of phenols is 2. The molecular formula is C10H13NO3. The largest absolute Gasteiger partial charge is 0.504 e. The third-order valence-electron chi connectivity index (χ3n) is 1.97. The number of benzene rings is 1. The molecule has 14 heavy (non-hydrogen) atoms. The van der Waals surface area contributed by atoms with Crippen molar-refractivity contribution in [2.45, 2.75) is 6.04 Å². The summed E-state index contributed by atoms with van der Waals surface area (Å²) in [6, 6.07) is 3.84. The van der Waals surface area contributed by atoms with Gasteiger partial charge in [0.2, 0.25) is 0 Å². The van der Waals surface area contributed by atoms with Crippen molar-refractivity contribution in [3.63, 3.8) is 0 Å². The van der Waals surface area contributed by atoms with Gasteiger partial charge in [-0.15, -0.1) is 0 Å². The van der Waals surface area contributed by atoms with Gasteiger partial charge in [-0.2, -0.15) is 0 Å². The Kier molecular flexibility index (Phi) is 2.99. The highest BCUT2D eigenvalue weighted by Gasteiger charge is 2.12. The maximum absolute atomic E-state index is 9.23. The molecule has 0 radical (unpaired) electrons. The lowest BCUT2D eigenvalue weighted by Crippen LogP contribution is -2.13. The average molecular weight is 195 g/mol. The fourth-order valence-corrected chi connectivity index (χ4v) is 1.05. The number of ether oxygens (including phenoxy) is 1. The Bertz CT molecular complexity index is 349. The molecule has 0 saturated heterocycles. The Morgan fingerprint density at radius 2 is 2.07 bits per heavy atom. The highest BCUT2D eigenvalue weighted by atomic mass is 16.5. The van der Waals surface area contributed by atoms with Crippen LogP contribution >= 0.6 is 0 Å². The summed E-state index contributed by atoms with van der Waals surface area (Å²) in [4.78, 5) is 0. The molecule has 0 amide bonds. The molecule has 0 saturated carbocycles. The molecule has 0 aliphatic heterocycles. The molecule has 0 aliphatic carbocycles. The molecule has 0 bridgehead atoms. The van der Waals surface area contributed by atoms with Crippen LogP contribution in [0.1, 0.15) is 11.6 Å². The zero-order valence-electron chi connectivity index (χ0n) is 7.90. The predicted molar refractivity (Wildman–Crippen MR) is 52.8 cm³/mol. The monoisotopic (exact) mass is 195 g/mol. The van der Waals surface area contributed by atoms with E-state index in [1.54, 1.807) is 6.07 Å². The molecule has 1 atom stereocenters. The van der Waals surface area contributed by atoms with Crippen molar-refractivity contribution in [3.8, 4) is 11.5 Å². The summed E-state index contributed by atoms with van der Waals surface area (Å²) in [5.74, 6) is 0.0147. The summed E-state index contributed by atoms with van der Waals surface area (Å²) in [6.45, 7) is 3.61. The Labute approximate surface area is 82.2 Å². The molecule has 0 aliphatic rings. The molecule has 4 nitrogen and oxygen atoms in total. The van der Waals surface area contributed by atoms with Gasteiger partial charge in [0.25, 0.3) is 0 Å². The van der Waals surface area contributed by atoms with Crippen molar-refractivity contribution >= 4 is 0 Å². The van der Waals surface area contributed by atoms with Gasteiger partial charge in [-0.05, 0) is 17.7 Å². The molecule has 76 valence electrons. The third-order valence-corrected chi connectivity index (χ3v) is 1.97. The van der Waals surface area contributed by atoms with Gasteiger partial charge in [0.1, 0.15) is 5.76 Å². The van der Waals surface area contributed by atoms with E-state index in [0.717, 1.165) is 0 Å². The summed E-state index contributed by atoms with van der Waals surface area (Å²) in [6.07, 6.45) is 0. The zero-order chi connectivity index (χ0) is 10.7. The van der Waals surface area contributed by atoms with E-state index in [2.05, 4.69) is 6.58 Å². The molecule has 1 aromatic carbocycles.